The number of likely N-dealkylation sites (N-methyl/N-ethyl adjacent to an activating group) is 1. The molecule has 5 heteroatoms. The molecular formula is C13H14BrFN2S. The van der Waals surface area contributed by atoms with E-state index in [0.717, 1.165) is 23.5 Å². The van der Waals surface area contributed by atoms with Crippen molar-refractivity contribution in [3.05, 3.63) is 50.6 Å². The lowest BCUT2D eigenvalue weighted by Crippen LogP contribution is -2.23. The number of halogens is 2. The minimum Gasteiger partial charge on any atom is -0.310 e. The largest absolute Gasteiger partial charge is 0.310 e. The van der Waals surface area contributed by atoms with Crippen LogP contribution in [-0.2, 0) is 6.42 Å². The third-order valence-electron chi connectivity index (χ3n) is 2.66. The second-order valence-corrected chi connectivity index (χ2v) is 5.75. The number of nitrogens with one attached hydrogen (secondary N) is 1. The average molecular weight is 329 g/mol. The van der Waals surface area contributed by atoms with Crippen molar-refractivity contribution in [3.8, 4) is 0 Å². The number of thiazole rings is 1. The summed E-state index contributed by atoms with van der Waals surface area (Å²) < 4.78 is 14.1. The van der Waals surface area contributed by atoms with Crippen molar-refractivity contribution in [3.63, 3.8) is 0 Å². The van der Waals surface area contributed by atoms with E-state index < -0.39 is 0 Å². The molecule has 18 heavy (non-hydrogen) atoms. The summed E-state index contributed by atoms with van der Waals surface area (Å²) in [5, 5.41) is 6.39. The molecule has 0 fully saturated rings. The Kier molecular flexibility index (Phi) is 4.86. The van der Waals surface area contributed by atoms with Crippen molar-refractivity contribution < 1.29 is 4.39 Å². The second-order valence-electron chi connectivity index (χ2n) is 3.91. The molecule has 0 aliphatic rings. The fourth-order valence-electron chi connectivity index (χ4n) is 1.81. The van der Waals surface area contributed by atoms with Gasteiger partial charge in [0.05, 0.1) is 9.48 Å². The average Bonchev–Trinajstić information content (AvgIpc) is 2.85. The molecule has 0 spiro atoms. The summed E-state index contributed by atoms with van der Waals surface area (Å²) in [6, 6.07) is 5.36. The molecule has 1 heterocycles. The molecule has 1 aromatic heterocycles. The highest BCUT2D eigenvalue weighted by molar-refractivity contribution is 9.10. The number of hydrogen-bond acceptors (Lipinski definition) is 3. The summed E-state index contributed by atoms with van der Waals surface area (Å²) >= 11 is 4.80. The summed E-state index contributed by atoms with van der Waals surface area (Å²) in [4.78, 5) is 4.28. The van der Waals surface area contributed by atoms with E-state index in [0.29, 0.717) is 4.47 Å². The van der Waals surface area contributed by atoms with Gasteiger partial charge in [-0.3, -0.25) is 0 Å². The van der Waals surface area contributed by atoms with Crippen LogP contribution in [0.25, 0.3) is 0 Å². The van der Waals surface area contributed by atoms with E-state index >= 15 is 0 Å². The lowest BCUT2D eigenvalue weighted by molar-refractivity contribution is 0.541. The molecule has 1 N–H and O–H groups in total. The zero-order chi connectivity index (χ0) is 13.0. The van der Waals surface area contributed by atoms with Crippen LogP contribution >= 0.6 is 27.3 Å². The minimum absolute atomic E-state index is 0.101. The first-order valence-corrected chi connectivity index (χ1v) is 7.44. The Balaban J connectivity index is 2.20. The SMILES string of the molecule is CCNC(Cc1nccs1)c1ccc(Br)c(F)c1. The molecule has 1 unspecified atom stereocenters. The Morgan fingerprint density at radius 1 is 1.50 bits per heavy atom. The van der Waals surface area contributed by atoms with Gasteiger partial charge in [-0.25, -0.2) is 9.37 Å². The predicted octanol–water partition coefficient (Wildman–Crippen LogP) is 3.94. The van der Waals surface area contributed by atoms with E-state index in [1.165, 1.54) is 0 Å². The predicted molar refractivity (Wildman–Crippen MR) is 76.3 cm³/mol. The van der Waals surface area contributed by atoms with Gasteiger partial charge in [-0.2, -0.15) is 0 Å². The van der Waals surface area contributed by atoms with Gasteiger partial charge in [-0.15, -0.1) is 11.3 Å². The van der Waals surface area contributed by atoms with E-state index in [1.54, 1.807) is 29.7 Å². The zero-order valence-electron chi connectivity index (χ0n) is 9.99. The van der Waals surface area contributed by atoms with Gasteiger partial charge in [0, 0.05) is 24.0 Å². The minimum atomic E-state index is -0.227. The van der Waals surface area contributed by atoms with Gasteiger partial charge in [0.15, 0.2) is 0 Å². The second kappa shape index (κ2) is 6.41. The van der Waals surface area contributed by atoms with E-state index in [1.807, 2.05) is 18.4 Å². The van der Waals surface area contributed by atoms with Crippen LogP contribution in [0.2, 0.25) is 0 Å². The van der Waals surface area contributed by atoms with Gasteiger partial charge >= 0.3 is 0 Å². The molecule has 2 rings (SSSR count). The van der Waals surface area contributed by atoms with Crippen molar-refractivity contribution in [2.45, 2.75) is 19.4 Å². The highest BCUT2D eigenvalue weighted by Crippen LogP contribution is 2.24. The van der Waals surface area contributed by atoms with Crippen molar-refractivity contribution >= 4 is 27.3 Å². The van der Waals surface area contributed by atoms with E-state index in [2.05, 4.69) is 26.2 Å². The summed E-state index contributed by atoms with van der Waals surface area (Å²) in [7, 11) is 0. The maximum atomic E-state index is 13.6. The number of benzene rings is 1. The van der Waals surface area contributed by atoms with Crippen LogP contribution in [-0.4, -0.2) is 11.5 Å². The van der Waals surface area contributed by atoms with Crippen molar-refractivity contribution in [2.75, 3.05) is 6.54 Å². The smallest absolute Gasteiger partial charge is 0.137 e. The number of hydrogen-bond donors (Lipinski definition) is 1. The first kappa shape index (κ1) is 13.6. The van der Waals surface area contributed by atoms with Crippen molar-refractivity contribution in [1.29, 1.82) is 0 Å². The molecule has 1 aromatic carbocycles. The van der Waals surface area contributed by atoms with Crippen LogP contribution in [0.1, 0.15) is 23.5 Å². The first-order chi connectivity index (χ1) is 8.70. The van der Waals surface area contributed by atoms with Gasteiger partial charge in [-0.1, -0.05) is 13.0 Å². The Morgan fingerprint density at radius 2 is 2.33 bits per heavy atom. The third-order valence-corrected chi connectivity index (χ3v) is 4.10. The molecule has 0 amide bonds. The fraction of sp³-hybridized carbons (Fsp3) is 0.308. The van der Waals surface area contributed by atoms with E-state index in [-0.39, 0.29) is 11.9 Å². The van der Waals surface area contributed by atoms with Gasteiger partial charge < -0.3 is 5.32 Å². The lowest BCUT2D eigenvalue weighted by Gasteiger charge is -2.17. The Bertz CT molecular complexity index is 502. The topological polar surface area (TPSA) is 24.9 Å². The molecule has 0 aliphatic heterocycles. The fourth-order valence-corrected chi connectivity index (χ4v) is 2.72. The molecule has 0 radical (unpaired) electrons. The molecular weight excluding hydrogens is 315 g/mol. The standard InChI is InChI=1S/C13H14BrFN2S/c1-2-16-12(8-13-17-5-6-18-13)9-3-4-10(14)11(15)7-9/h3-7,12,16H,2,8H2,1H3. The first-order valence-electron chi connectivity index (χ1n) is 5.77. The molecule has 1 atom stereocenters. The van der Waals surface area contributed by atoms with Crippen LogP contribution in [0.5, 0.6) is 0 Å². The van der Waals surface area contributed by atoms with Crippen LogP contribution in [0.3, 0.4) is 0 Å². The van der Waals surface area contributed by atoms with Crippen LogP contribution in [0.15, 0.2) is 34.2 Å². The lowest BCUT2D eigenvalue weighted by atomic mass is 10.0. The van der Waals surface area contributed by atoms with E-state index in [4.69, 9.17) is 0 Å². The van der Waals surface area contributed by atoms with Crippen LogP contribution < -0.4 is 5.32 Å². The van der Waals surface area contributed by atoms with Crippen LogP contribution in [0.4, 0.5) is 4.39 Å². The highest BCUT2D eigenvalue weighted by Gasteiger charge is 2.14. The molecule has 2 aromatic rings. The number of nitrogens with zero attached hydrogens (tertiary/aromatic N) is 1. The summed E-state index contributed by atoms with van der Waals surface area (Å²) in [5.74, 6) is -0.227. The maximum absolute atomic E-state index is 13.6. The van der Waals surface area contributed by atoms with Gasteiger partial charge in [-0.05, 0) is 40.2 Å². The number of aromatic nitrogens is 1. The molecule has 0 saturated heterocycles. The maximum Gasteiger partial charge on any atom is 0.137 e. The van der Waals surface area contributed by atoms with Crippen molar-refractivity contribution in [1.82, 2.24) is 10.3 Å². The summed E-state index contributed by atoms with van der Waals surface area (Å²) in [6.45, 7) is 2.89. The Labute approximate surface area is 118 Å². The van der Waals surface area contributed by atoms with Gasteiger partial charge in [0.25, 0.3) is 0 Å². The Hall–Kier alpha value is -0.780. The van der Waals surface area contributed by atoms with Crippen molar-refractivity contribution in [2.24, 2.45) is 0 Å². The summed E-state index contributed by atoms with van der Waals surface area (Å²) in [6.07, 6.45) is 2.58. The molecule has 0 bridgehead atoms. The molecule has 0 aliphatic carbocycles. The number of rotatable bonds is 5. The highest BCUT2D eigenvalue weighted by atomic mass is 79.9. The van der Waals surface area contributed by atoms with E-state index in [9.17, 15) is 4.39 Å². The summed E-state index contributed by atoms with van der Waals surface area (Å²) in [5.41, 5.74) is 0.952. The normalized spacial score (nSPS) is 12.6. The van der Waals surface area contributed by atoms with Gasteiger partial charge in [0.2, 0.25) is 0 Å². The quantitative estimate of drug-likeness (QED) is 0.899. The molecule has 2 nitrogen and oxygen atoms in total. The zero-order valence-corrected chi connectivity index (χ0v) is 12.4. The monoisotopic (exact) mass is 328 g/mol. The molecule has 96 valence electrons. The van der Waals surface area contributed by atoms with Gasteiger partial charge in [0.1, 0.15) is 5.82 Å². The van der Waals surface area contributed by atoms with Crippen LogP contribution in [0, 0.1) is 5.82 Å². The Morgan fingerprint density at radius 3 is 2.94 bits per heavy atom. The molecule has 0 saturated carbocycles. The third kappa shape index (κ3) is 3.37.